The fourth-order valence-corrected chi connectivity index (χ4v) is 4.93. The van der Waals surface area contributed by atoms with Crippen LogP contribution in [0.4, 0.5) is 0 Å². The summed E-state index contributed by atoms with van der Waals surface area (Å²) in [6.07, 6.45) is 5.42. The molecule has 0 saturated heterocycles. The molecule has 0 aliphatic heterocycles. The van der Waals surface area contributed by atoms with Gasteiger partial charge in [0.2, 0.25) is 5.91 Å². The standard InChI is InChI=1S/C23H27N5O3S/c1-27-20-18(22(30)28(2)23(27)31)21(26-19(25-20)16-11-7-4-8-12-16)32-14-17(29)24-13-15-9-5-3-6-10-15/h3,5-6,9-10,16H,4,7-8,11-14H2,1-2H3,(H,24,29). The summed E-state index contributed by atoms with van der Waals surface area (Å²) in [5.74, 6) is 0.840. The van der Waals surface area contributed by atoms with E-state index in [0.717, 1.165) is 35.8 Å². The van der Waals surface area contributed by atoms with E-state index in [9.17, 15) is 14.4 Å². The van der Waals surface area contributed by atoms with Crippen molar-refractivity contribution in [1.29, 1.82) is 0 Å². The van der Waals surface area contributed by atoms with Gasteiger partial charge < -0.3 is 5.32 Å². The second kappa shape index (κ2) is 9.68. The molecule has 3 aromatic rings. The van der Waals surface area contributed by atoms with Crippen LogP contribution in [0.15, 0.2) is 44.9 Å². The molecular formula is C23H27N5O3S. The topological polar surface area (TPSA) is 98.9 Å². The van der Waals surface area contributed by atoms with Crippen LogP contribution in [0.5, 0.6) is 0 Å². The van der Waals surface area contributed by atoms with Gasteiger partial charge in [0.1, 0.15) is 16.2 Å². The van der Waals surface area contributed by atoms with Crippen molar-refractivity contribution in [3.05, 3.63) is 62.6 Å². The van der Waals surface area contributed by atoms with Crippen LogP contribution in [0.3, 0.4) is 0 Å². The molecule has 0 unspecified atom stereocenters. The first-order valence-corrected chi connectivity index (χ1v) is 11.9. The summed E-state index contributed by atoms with van der Waals surface area (Å²) < 4.78 is 2.45. The van der Waals surface area contributed by atoms with Gasteiger partial charge in [0.25, 0.3) is 5.56 Å². The lowest BCUT2D eigenvalue weighted by Gasteiger charge is -2.21. The van der Waals surface area contributed by atoms with Crippen molar-refractivity contribution < 1.29 is 4.79 Å². The van der Waals surface area contributed by atoms with Gasteiger partial charge in [-0.15, -0.1) is 0 Å². The van der Waals surface area contributed by atoms with Gasteiger partial charge in [-0.25, -0.2) is 14.8 Å². The van der Waals surface area contributed by atoms with Crippen molar-refractivity contribution in [2.75, 3.05) is 5.75 Å². The molecule has 1 aromatic carbocycles. The van der Waals surface area contributed by atoms with Gasteiger partial charge in [0.15, 0.2) is 5.65 Å². The predicted octanol–water partition coefficient (Wildman–Crippen LogP) is 2.48. The Labute approximate surface area is 190 Å². The van der Waals surface area contributed by atoms with Crippen molar-refractivity contribution in [2.24, 2.45) is 14.1 Å². The Morgan fingerprint density at radius 2 is 1.78 bits per heavy atom. The number of aromatic nitrogens is 4. The third kappa shape index (κ3) is 4.62. The summed E-state index contributed by atoms with van der Waals surface area (Å²) in [5.41, 5.74) is 0.487. The van der Waals surface area contributed by atoms with Crippen LogP contribution in [0.25, 0.3) is 11.0 Å². The lowest BCUT2D eigenvalue weighted by Crippen LogP contribution is -2.38. The molecule has 9 heteroatoms. The van der Waals surface area contributed by atoms with Gasteiger partial charge in [-0.05, 0) is 18.4 Å². The monoisotopic (exact) mass is 453 g/mol. The van der Waals surface area contributed by atoms with E-state index >= 15 is 0 Å². The first-order valence-electron chi connectivity index (χ1n) is 10.9. The Bertz CT molecular complexity index is 1250. The molecule has 168 valence electrons. The van der Waals surface area contributed by atoms with Crippen LogP contribution in [0.1, 0.15) is 49.4 Å². The molecule has 2 aromatic heterocycles. The van der Waals surface area contributed by atoms with E-state index in [4.69, 9.17) is 4.98 Å². The third-order valence-corrected chi connectivity index (χ3v) is 6.90. The Kier molecular flexibility index (Phi) is 6.74. The third-order valence-electron chi connectivity index (χ3n) is 5.93. The SMILES string of the molecule is Cn1c(=O)c2c(SCC(=O)NCc3ccccc3)nc(C3CCCCC3)nc2n(C)c1=O. The van der Waals surface area contributed by atoms with Crippen LogP contribution < -0.4 is 16.6 Å². The maximum Gasteiger partial charge on any atom is 0.332 e. The van der Waals surface area contributed by atoms with Crippen LogP contribution >= 0.6 is 11.8 Å². The normalized spacial score (nSPS) is 14.6. The van der Waals surface area contributed by atoms with Crippen LogP contribution in [0.2, 0.25) is 0 Å². The smallest absolute Gasteiger partial charge is 0.332 e. The highest BCUT2D eigenvalue weighted by Gasteiger charge is 2.23. The van der Waals surface area contributed by atoms with Crippen LogP contribution in [-0.4, -0.2) is 30.8 Å². The van der Waals surface area contributed by atoms with E-state index in [2.05, 4.69) is 10.3 Å². The Morgan fingerprint density at radius 3 is 2.50 bits per heavy atom. The van der Waals surface area contributed by atoms with Gasteiger partial charge in [-0.1, -0.05) is 61.4 Å². The molecular weight excluding hydrogens is 426 g/mol. The Balaban J connectivity index is 1.64. The molecule has 1 N–H and O–H groups in total. The van der Waals surface area contributed by atoms with Crippen LogP contribution in [0, 0.1) is 0 Å². The number of benzene rings is 1. The highest BCUT2D eigenvalue weighted by molar-refractivity contribution is 8.00. The molecule has 0 atom stereocenters. The van der Waals surface area contributed by atoms with Crippen molar-refractivity contribution >= 4 is 28.7 Å². The van der Waals surface area contributed by atoms with E-state index < -0.39 is 11.2 Å². The minimum Gasteiger partial charge on any atom is -0.351 e. The summed E-state index contributed by atoms with van der Waals surface area (Å²) in [6, 6.07) is 9.68. The number of amides is 1. The summed E-state index contributed by atoms with van der Waals surface area (Å²) in [7, 11) is 3.06. The minimum atomic E-state index is -0.439. The lowest BCUT2D eigenvalue weighted by atomic mass is 9.89. The molecule has 1 amide bonds. The average molecular weight is 454 g/mol. The number of aryl methyl sites for hydroxylation is 1. The highest BCUT2D eigenvalue weighted by atomic mass is 32.2. The maximum absolute atomic E-state index is 12.9. The summed E-state index contributed by atoms with van der Waals surface area (Å²) in [6.45, 7) is 0.439. The lowest BCUT2D eigenvalue weighted by molar-refractivity contribution is -0.118. The number of hydrogen-bond donors (Lipinski definition) is 1. The van der Waals surface area contributed by atoms with E-state index in [1.165, 1.54) is 29.8 Å². The second-order valence-corrected chi connectivity index (χ2v) is 9.14. The zero-order chi connectivity index (χ0) is 22.7. The van der Waals surface area contributed by atoms with Crippen LogP contribution in [-0.2, 0) is 25.4 Å². The van der Waals surface area contributed by atoms with E-state index in [0.29, 0.717) is 23.0 Å². The Hall–Kier alpha value is -2.94. The maximum atomic E-state index is 12.9. The molecule has 32 heavy (non-hydrogen) atoms. The molecule has 2 heterocycles. The first-order chi connectivity index (χ1) is 15.5. The highest BCUT2D eigenvalue weighted by Crippen LogP contribution is 2.33. The summed E-state index contributed by atoms with van der Waals surface area (Å²) >= 11 is 1.22. The van der Waals surface area contributed by atoms with E-state index in [1.54, 1.807) is 7.05 Å². The van der Waals surface area contributed by atoms with Gasteiger partial charge in [0.05, 0.1) is 5.75 Å². The summed E-state index contributed by atoms with van der Waals surface area (Å²) in [5, 5.41) is 3.65. The number of thioether (sulfide) groups is 1. The number of carbonyl (C=O) groups is 1. The molecule has 4 rings (SSSR count). The zero-order valence-electron chi connectivity index (χ0n) is 18.3. The minimum absolute atomic E-state index is 0.120. The number of nitrogens with one attached hydrogen (secondary N) is 1. The fraction of sp³-hybridized carbons (Fsp3) is 0.435. The molecule has 1 fully saturated rings. The predicted molar refractivity (Wildman–Crippen MR) is 125 cm³/mol. The van der Waals surface area contributed by atoms with Crippen molar-refractivity contribution in [1.82, 2.24) is 24.4 Å². The molecule has 0 radical (unpaired) electrons. The summed E-state index contributed by atoms with van der Waals surface area (Å²) in [4.78, 5) is 47.3. The largest absolute Gasteiger partial charge is 0.351 e. The number of nitrogens with zero attached hydrogens (tertiary/aromatic N) is 4. The van der Waals surface area contributed by atoms with Crippen molar-refractivity contribution in [3.8, 4) is 0 Å². The second-order valence-electron chi connectivity index (χ2n) is 8.18. The van der Waals surface area contributed by atoms with Gasteiger partial charge in [-0.2, -0.15) is 0 Å². The Morgan fingerprint density at radius 1 is 1.06 bits per heavy atom. The van der Waals surface area contributed by atoms with Crippen molar-refractivity contribution in [2.45, 2.75) is 49.6 Å². The van der Waals surface area contributed by atoms with E-state index in [1.807, 2.05) is 30.3 Å². The van der Waals surface area contributed by atoms with Gasteiger partial charge in [-0.3, -0.25) is 18.7 Å². The molecule has 0 spiro atoms. The number of fused-ring (bicyclic) bond motifs is 1. The number of carbonyl (C=O) groups excluding carboxylic acids is 1. The molecule has 1 aliphatic rings. The van der Waals surface area contributed by atoms with Gasteiger partial charge >= 0.3 is 5.69 Å². The zero-order valence-corrected chi connectivity index (χ0v) is 19.2. The van der Waals surface area contributed by atoms with Gasteiger partial charge in [0, 0.05) is 26.6 Å². The number of hydrogen-bond acceptors (Lipinski definition) is 6. The average Bonchev–Trinajstić information content (AvgIpc) is 2.84. The molecule has 8 nitrogen and oxygen atoms in total. The number of rotatable bonds is 6. The van der Waals surface area contributed by atoms with E-state index in [-0.39, 0.29) is 23.0 Å². The molecule has 1 saturated carbocycles. The fourth-order valence-electron chi connectivity index (χ4n) is 4.07. The molecule has 0 bridgehead atoms. The quantitative estimate of drug-likeness (QED) is 0.455. The molecule has 1 aliphatic carbocycles. The first kappa shape index (κ1) is 22.3. The van der Waals surface area contributed by atoms with Crippen molar-refractivity contribution in [3.63, 3.8) is 0 Å².